The van der Waals surface area contributed by atoms with Crippen LogP contribution in [-0.4, -0.2) is 5.91 Å². The molecule has 150 valence electrons. The summed E-state index contributed by atoms with van der Waals surface area (Å²) in [4.78, 5) is 12.7. The Morgan fingerprint density at radius 1 is 0.867 bits per heavy atom. The number of ether oxygens (including phenoxy) is 1. The SMILES string of the molecule is CCc1cccc(CNC(=O)c2ccc3c(Oc4ccc(C)cc4)cccc3c2)c1. The van der Waals surface area contributed by atoms with E-state index in [4.69, 9.17) is 4.74 Å². The van der Waals surface area contributed by atoms with Gasteiger partial charge in [0.25, 0.3) is 5.91 Å². The Hall–Kier alpha value is -3.59. The summed E-state index contributed by atoms with van der Waals surface area (Å²) in [5, 5.41) is 4.97. The first-order valence-electron chi connectivity index (χ1n) is 10.3. The van der Waals surface area contributed by atoms with Crippen LogP contribution >= 0.6 is 0 Å². The topological polar surface area (TPSA) is 38.3 Å². The number of fused-ring (bicyclic) bond motifs is 1. The maximum absolute atomic E-state index is 12.7. The molecular formula is C27H25NO2. The van der Waals surface area contributed by atoms with Gasteiger partial charge in [-0.15, -0.1) is 0 Å². The zero-order valence-electron chi connectivity index (χ0n) is 17.3. The largest absolute Gasteiger partial charge is 0.457 e. The van der Waals surface area contributed by atoms with Gasteiger partial charge in [-0.05, 0) is 66.3 Å². The van der Waals surface area contributed by atoms with E-state index in [-0.39, 0.29) is 5.91 Å². The third-order valence-corrected chi connectivity index (χ3v) is 5.20. The van der Waals surface area contributed by atoms with Crippen molar-refractivity contribution in [3.05, 3.63) is 107 Å². The Morgan fingerprint density at radius 2 is 1.63 bits per heavy atom. The standard InChI is InChI=1S/C27H25NO2/c1-3-20-6-4-7-21(16-20)18-28-27(29)23-12-15-25-22(17-23)8-5-9-26(25)30-24-13-10-19(2)11-14-24/h4-17H,3,18H2,1-2H3,(H,28,29). The molecule has 30 heavy (non-hydrogen) atoms. The average molecular weight is 396 g/mol. The molecule has 0 heterocycles. The predicted molar refractivity (Wildman–Crippen MR) is 122 cm³/mol. The second kappa shape index (κ2) is 8.83. The van der Waals surface area contributed by atoms with Gasteiger partial charge in [0.05, 0.1) is 0 Å². The summed E-state index contributed by atoms with van der Waals surface area (Å²) in [6.45, 7) is 4.69. The molecule has 0 unspecified atom stereocenters. The number of hydrogen-bond acceptors (Lipinski definition) is 2. The van der Waals surface area contributed by atoms with E-state index in [1.54, 1.807) is 0 Å². The van der Waals surface area contributed by atoms with Crippen LogP contribution in [0.3, 0.4) is 0 Å². The molecule has 0 atom stereocenters. The number of nitrogens with one attached hydrogen (secondary N) is 1. The number of hydrogen-bond donors (Lipinski definition) is 1. The van der Waals surface area contributed by atoms with Crippen LogP contribution in [0.2, 0.25) is 0 Å². The van der Waals surface area contributed by atoms with Crippen molar-refractivity contribution in [2.24, 2.45) is 0 Å². The Balaban J connectivity index is 1.51. The highest BCUT2D eigenvalue weighted by atomic mass is 16.5. The van der Waals surface area contributed by atoms with Crippen molar-refractivity contribution in [2.45, 2.75) is 26.8 Å². The van der Waals surface area contributed by atoms with E-state index in [2.05, 4.69) is 31.3 Å². The summed E-state index contributed by atoms with van der Waals surface area (Å²) in [7, 11) is 0. The molecule has 0 radical (unpaired) electrons. The van der Waals surface area contributed by atoms with Crippen molar-refractivity contribution in [3.63, 3.8) is 0 Å². The number of benzene rings is 4. The number of carbonyl (C=O) groups excluding carboxylic acids is 1. The van der Waals surface area contributed by atoms with E-state index in [0.29, 0.717) is 12.1 Å². The molecule has 3 nitrogen and oxygen atoms in total. The van der Waals surface area contributed by atoms with E-state index in [9.17, 15) is 4.79 Å². The fraction of sp³-hybridized carbons (Fsp3) is 0.148. The van der Waals surface area contributed by atoms with E-state index < -0.39 is 0 Å². The number of aryl methyl sites for hydroxylation is 2. The van der Waals surface area contributed by atoms with Gasteiger partial charge in [-0.3, -0.25) is 4.79 Å². The highest BCUT2D eigenvalue weighted by molar-refractivity contribution is 5.99. The van der Waals surface area contributed by atoms with Gasteiger partial charge in [-0.1, -0.05) is 61.0 Å². The molecule has 0 spiro atoms. The van der Waals surface area contributed by atoms with Crippen LogP contribution in [0, 0.1) is 6.92 Å². The summed E-state index contributed by atoms with van der Waals surface area (Å²) in [5.41, 5.74) is 4.21. The van der Waals surface area contributed by atoms with Gasteiger partial charge in [0, 0.05) is 17.5 Å². The minimum Gasteiger partial charge on any atom is -0.457 e. The average Bonchev–Trinajstić information content (AvgIpc) is 2.79. The second-order valence-corrected chi connectivity index (χ2v) is 7.46. The summed E-state index contributed by atoms with van der Waals surface area (Å²) in [5.74, 6) is 1.49. The van der Waals surface area contributed by atoms with Crippen molar-refractivity contribution in [1.29, 1.82) is 0 Å². The zero-order chi connectivity index (χ0) is 20.9. The van der Waals surface area contributed by atoms with E-state index in [0.717, 1.165) is 34.3 Å². The molecule has 0 aliphatic rings. The first-order chi connectivity index (χ1) is 14.6. The van der Waals surface area contributed by atoms with Crippen LogP contribution < -0.4 is 10.1 Å². The quantitative estimate of drug-likeness (QED) is 0.408. The van der Waals surface area contributed by atoms with E-state index in [1.807, 2.05) is 72.8 Å². The molecule has 0 bridgehead atoms. The Labute approximate surface area is 177 Å². The molecular weight excluding hydrogens is 370 g/mol. The Bertz CT molecular complexity index is 1180. The molecule has 0 aliphatic heterocycles. The van der Waals surface area contributed by atoms with Crippen molar-refractivity contribution < 1.29 is 9.53 Å². The molecule has 0 fully saturated rings. The molecule has 0 saturated heterocycles. The lowest BCUT2D eigenvalue weighted by atomic mass is 10.1. The van der Waals surface area contributed by atoms with Gasteiger partial charge in [-0.25, -0.2) is 0 Å². The van der Waals surface area contributed by atoms with Crippen LogP contribution in [0.15, 0.2) is 84.9 Å². The summed E-state index contributed by atoms with van der Waals surface area (Å²) in [6.07, 6.45) is 0.986. The van der Waals surface area contributed by atoms with Gasteiger partial charge in [0.2, 0.25) is 0 Å². The van der Waals surface area contributed by atoms with E-state index >= 15 is 0 Å². The molecule has 0 aromatic heterocycles. The minimum absolute atomic E-state index is 0.0799. The fourth-order valence-electron chi connectivity index (χ4n) is 3.46. The van der Waals surface area contributed by atoms with Crippen LogP contribution in [0.5, 0.6) is 11.5 Å². The van der Waals surface area contributed by atoms with Crippen molar-refractivity contribution in [1.82, 2.24) is 5.32 Å². The molecule has 4 rings (SSSR count). The number of carbonyl (C=O) groups is 1. The van der Waals surface area contributed by atoms with Crippen LogP contribution in [0.1, 0.15) is 34.0 Å². The van der Waals surface area contributed by atoms with Gasteiger partial charge in [0.1, 0.15) is 11.5 Å². The van der Waals surface area contributed by atoms with Crippen LogP contribution in [0.4, 0.5) is 0 Å². The van der Waals surface area contributed by atoms with Gasteiger partial charge < -0.3 is 10.1 Å². The molecule has 4 aromatic carbocycles. The maximum atomic E-state index is 12.7. The maximum Gasteiger partial charge on any atom is 0.251 e. The second-order valence-electron chi connectivity index (χ2n) is 7.46. The third kappa shape index (κ3) is 4.52. The first kappa shape index (κ1) is 19.7. The highest BCUT2D eigenvalue weighted by Gasteiger charge is 2.09. The molecule has 0 saturated carbocycles. The molecule has 3 heteroatoms. The zero-order valence-corrected chi connectivity index (χ0v) is 17.3. The van der Waals surface area contributed by atoms with Crippen molar-refractivity contribution >= 4 is 16.7 Å². The fourth-order valence-corrected chi connectivity index (χ4v) is 3.46. The molecule has 1 amide bonds. The number of rotatable bonds is 6. The normalized spacial score (nSPS) is 10.7. The Morgan fingerprint density at radius 3 is 2.43 bits per heavy atom. The molecule has 0 aliphatic carbocycles. The lowest BCUT2D eigenvalue weighted by molar-refractivity contribution is 0.0951. The molecule has 4 aromatic rings. The monoisotopic (exact) mass is 395 g/mol. The summed E-state index contributed by atoms with van der Waals surface area (Å²) < 4.78 is 6.07. The lowest BCUT2D eigenvalue weighted by Crippen LogP contribution is -2.22. The van der Waals surface area contributed by atoms with Gasteiger partial charge in [-0.2, -0.15) is 0 Å². The van der Waals surface area contributed by atoms with E-state index in [1.165, 1.54) is 11.1 Å². The van der Waals surface area contributed by atoms with Gasteiger partial charge in [0.15, 0.2) is 0 Å². The smallest absolute Gasteiger partial charge is 0.251 e. The predicted octanol–water partition coefficient (Wildman–Crippen LogP) is 6.43. The third-order valence-electron chi connectivity index (χ3n) is 5.20. The Kier molecular flexibility index (Phi) is 5.80. The first-order valence-corrected chi connectivity index (χ1v) is 10.3. The minimum atomic E-state index is -0.0799. The summed E-state index contributed by atoms with van der Waals surface area (Å²) >= 11 is 0. The molecule has 1 N–H and O–H groups in total. The van der Waals surface area contributed by atoms with Crippen LogP contribution in [-0.2, 0) is 13.0 Å². The number of amides is 1. The summed E-state index contributed by atoms with van der Waals surface area (Å²) in [6, 6.07) is 27.9. The van der Waals surface area contributed by atoms with Crippen molar-refractivity contribution in [3.8, 4) is 11.5 Å². The van der Waals surface area contributed by atoms with Crippen LogP contribution in [0.25, 0.3) is 10.8 Å². The lowest BCUT2D eigenvalue weighted by Gasteiger charge is -2.11. The van der Waals surface area contributed by atoms with Gasteiger partial charge >= 0.3 is 0 Å². The van der Waals surface area contributed by atoms with Crippen molar-refractivity contribution in [2.75, 3.05) is 0 Å². The highest BCUT2D eigenvalue weighted by Crippen LogP contribution is 2.30.